The smallest absolute Gasteiger partial charge is 0.252 e. The molecule has 126 valence electrons. The quantitative estimate of drug-likeness (QED) is 0.758. The van der Waals surface area contributed by atoms with Gasteiger partial charge in [0.1, 0.15) is 0 Å². The summed E-state index contributed by atoms with van der Waals surface area (Å²) in [5.41, 5.74) is 2.33. The van der Waals surface area contributed by atoms with Gasteiger partial charge in [-0.1, -0.05) is 19.9 Å². The number of hydrogen-bond donors (Lipinski definition) is 1. The minimum atomic E-state index is -0.0824. The average molecular weight is 342 g/mol. The molecule has 0 saturated carbocycles. The largest absolute Gasteiger partial charge is 0.347 e. The van der Waals surface area contributed by atoms with E-state index in [1.807, 2.05) is 28.3 Å². The zero-order valence-electron chi connectivity index (χ0n) is 14.4. The topological polar surface area (TPSA) is 59.8 Å². The van der Waals surface area contributed by atoms with Gasteiger partial charge in [0.2, 0.25) is 0 Å². The van der Waals surface area contributed by atoms with Crippen molar-refractivity contribution in [1.29, 1.82) is 0 Å². The van der Waals surface area contributed by atoms with E-state index in [4.69, 9.17) is 4.98 Å². The van der Waals surface area contributed by atoms with Crippen LogP contribution in [0.3, 0.4) is 0 Å². The molecule has 0 aromatic carbocycles. The minimum Gasteiger partial charge on any atom is -0.347 e. The standard InChI is InChI=1S/C18H22N4OS/c1-11(2)16-8-14(18(23)19-9-13-6-5-7-24-13)15-10-20-22(12(3)4)17(15)21-16/h5-8,10-12H,9H2,1-4H3,(H,19,23). The Kier molecular flexibility index (Phi) is 4.66. The van der Waals surface area contributed by atoms with Crippen molar-refractivity contribution < 1.29 is 4.79 Å². The minimum absolute atomic E-state index is 0.0824. The summed E-state index contributed by atoms with van der Waals surface area (Å²) in [4.78, 5) is 18.6. The molecule has 0 saturated heterocycles. The SMILES string of the molecule is CC(C)c1cc(C(=O)NCc2cccs2)c2cnn(C(C)C)c2n1. The molecule has 0 bridgehead atoms. The van der Waals surface area contributed by atoms with Crippen LogP contribution < -0.4 is 5.32 Å². The van der Waals surface area contributed by atoms with E-state index >= 15 is 0 Å². The fraction of sp³-hybridized carbons (Fsp3) is 0.389. The molecular weight excluding hydrogens is 320 g/mol. The lowest BCUT2D eigenvalue weighted by molar-refractivity contribution is 0.0953. The molecule has 0 aliphatic heterocycles. The van der Waals surface area contributed by atoms with Gasteiger partial charge in [-0.25, -0.2) is 9.67 Å². The van der Waals surface area contributed by atoms with Crippen LogP contribution in [0.25, 0.3) is 11.0 Å². The zero-order valence-corrected chi connectivity index (χ0v) is 15.2. The number of rotatable bonds is 5. The lowest BCUT2D eigenvalue weighted by Gasteiger charge is -2.12. The lowest BCUT2D eigenvalue weighted by atomic mass is 10.0. The Morgan fingerprint density at radius 3 is 2.75 bits per heavy atom. The van der Waals surface area contributed by atoms with Crippen LogP contribution in [-0.4, -0.2) is 20.7 Å². The molecule has 1 amide bonds. The van der Waals surface area contributed by atoms with Gasteiger partial charge in [0, 0.05) is 16.6 Å². The number of amides is 1. The van der Waals surface area contributed by atoms with Crippen molar-refractivity contribution in [3.05, 3.63) is 45.9 Å². The first-order valence-corrected chi connectivity index (χ1v) is 9.04. The highest BCUT2D eigenvalue weighted by atomic mass is 32.1. The number of fused-ring (bicyclic) bond motifs is 1. The number of carbonyl (C=O) groups excluding carboxylic acids is 1. The van der Waals surface area contributed by atoms with E-state index < -0.39 is 0 Å². The normalized spacial score (nSPS) is 11.6. The van der Waals surface area contributed by atoms with E-state index in [0.29, 0.717) is 12.1 Å². The molecule has 3 aromatic heterocycles. The van der Waals surface area contributed by atoms with E-state index in [9.17, 15) is 4.79 Å². The molecule has 0 spiro atoms. The van der Waals surface area contributed by atoms with Crippen LogP contribution in [0.4, 0.5) is 0 Å². The van der Waals surface area contributed by atoms with Crippen molar-refractivity contribution in [3.8, 4) is 0 Å². The van der Waals surface area contributed by atoms with Gasteiger partial charge < -0.3 is 5.32 Å². The molecule has 5 nitrogen and oxygen atoms in total. The zero-order chi connectivity index (χ0) is 17.3. The fourth-order valence-corrected chi connectivity index (χ4v) is 3.22. The van der Waals surface area contributed by atoms with Crippen molar-refractivity contribution >= 4 is 28.3 Å². The second-order valence-corrected chi connectivity index (χ2v) is 7.46. The van der Waals surface area contributed by atoms with Gasteiger partial charge in [-0.05, 0) is 37.3 Å². The summed E-state index contributed by atoms with van der Waals surface area (Å²) in [7, 11) is 0. The Labute approximate surface area is 145 Å². The number of hydrogen-bond acceptors (Lipinski definition) is 4. The molecule has 0 aliphatic rings. The van der Waals surface area contributed by atoms with Crippen LogP contribution in [0, 0.1) is 0 Å². The van der Waals surface area contributed by atoms with Crippen molar-refractivity contribution in [2.24, 2.45) is 0 Å². The van der Waals surface area contributed by atoms with Crippen molar-refractivity contribution in [2.75, 3.05) is 0 Å². The Balaban J connectivity index is 2.00. The van der Waals surface area contributed by atoms with E-state index in [1.165, 1.54) is 0 Å². The summed E-state index contributed by atoms with van der Waals surface area (Å²) in [6.07, 6.45) is 1.74. The molecule has 0 aliphatic carbocycles. The van der Waals surface area contributed by atoms with Crippen LogP contribution in [0.1, 0.15) is 60.6 Å². The molecule has 24 heavy (non-hydrogen) atoms. The Bertz CT molecular complexity index is 849. The molecule has 0 atom stereocenters. The van der Waals surface area contributed by atoms with Crippen LogP contribution in [0.5, 0.6) is 0 Å². The summed E-state index contributed by atoms with van der Waals surface area (Å²) in [6.45, 7) is 8.82. The Morgan fingerprint density at radius 2 is 2.12 bits per heavy atom. The third kappa shape index (κ3) is 3.19. The predicted molar refractivity (Wildman–Crippen MR) is 97.5 cm³/mol. The van der Waals surface area contributed by atoms with Gasteiger partial charge in [0.25, 0.3) is 5.91 Å². The maximum atomic E-state index is 12.7. The number of thiophene rings is 1. The number of nitrogens with one attached hydrogen (secondary N) is 1. The molecule has 3 rings (SSSR count). The van der Waals surface area contributed by atoms with Crippen LogP contribution in [-0.2, 0) is 6.54 Å². The van der Waals surface area contributed by atoms with Gasteiger partial charge in [0.05, 0.1) is 23.7 Å². The second kappa shape index (κ2) is 6.73. The highest BCUT2D eigenvalue weighted by Gasteiger charge is 2.18. The molecule has 0 unspecified atom stereocenters. The molecule has 1 N–H and O–H groups in total. The molecule has 6 heteroatoms. The second-order valence-electron chi connectivity index (χ2n) is 6.43. The number of aromatic nitrogens is 3. The van der Waals surface area contributed by atoms with Gasteiger partial charge in [-0.15, -0.1) is 11.3 Å². The Morgan fingerprint density at radius 1 is 1.33 bits per heavy atom. The van der Waals surface area contributed by atoms with Gasteiger partial charge >= 0.3 is 0 Å². The van der Waals surface area contributed by atoms with Gasteiger partial charge in [-0.3, -0.25) is 4.79 Å². The Hall–Kier alpha value is -2.21. The molecule has 3 heterocycles. The first-order valence-electron chi connectivity index (χ1n) is 8.16. The summed E-state index contributed by atoms with van der Waals surface area (Å²) in [6, 6.07) is 6.09. The summed E-state index contributed by atoms with van der Waals surface area (Å²) < 4.78 is 1.87. The molecule has 3 aromatic rings. The van der Waals surface area contributed by atoms with E-state index in [2.05, 4.69) is 38.1 Å². The molecule has 0 fully saturated rings. The number of nitrogens with zero attached hydrogens (tertiary/aromatic N) is 3. The highest BCUT2D eigenvalue weighted by Crippen LogP contribution is 2.24. The van der Waals surface area contributed by atoms with Gasteiger partial charge in [-0.2, -0.15) is 5.10 Å². The first kappa shape index (κ1) is 16.6. The molecule has 0 radical (unpaired) electrons. The van der Waals surface area contributed by atoms with E-state index in [1.54, 1.807) is 17.5 Å². The third-order valence-corrected chi connectivity index (χ3v) is 4.79. The summed E-state index contributed by atoms with van der Waals surface area (Å²) in [5.74, 6) is 0.162. The van der Waals surface area contributed by atoms with Crippen LogP contribution >= 0.6 is 11.3 Å². The monoisotopic (exact) mass is 342 g/mol. The van der Waals surface area contributed by atoms with Gasteiger partial charge in [0.15, 0.2) is 5.65 Å². The third-order valence-electron chi connectivity index (χ3n) is 3.92. The summed E-state index contributed by atoms with van der Waals surface area (Å²) >= 11 is 1.64. The lowest BCUT2D eigenvalue weighted by Crippen LogP contribution is -2.23. The maximum Gasteiger partial charge on any atom is 0.252 e. The van der Waals surface area contributed by atoms with E-state index in [-0.39, 0.29) is 17.9 Å². The highest BCUT2D eigenvalue weighted by molar-refractivity contribution is 7.09. The summed E-state index contributed by atoms with van der Waals surface area (Å²) in [5, 5.41) is 10.2. The van der Waals surface area contributed by atoms with Crippen molar-refractivity contribution in [2.45, 2.75) is 46.2 Å². The first-order chi connectivity index (χ1) is 11.5. The fourth-order valence-electron chi connectivity index (χ4n) is 2.57. The predicted octanol–water partition coefficient (Wildman–Crippen LogP) is 4.13. The average Bonchev–Trinajstić information content (AvgIpc) is 3.20. The van der Waals surface area contributed by atoms with Crippen molar-refractivity contribution in [3.63, 3.8) is 0 Å². The van der Waals surface area contributed by atoms with Crippen molar-refractivity contribution in [1.82, 2.24) is 20.1 Å². The number of pyridine rings is 1. The maximum absolute atomic E-state index is 12.7. The number of carbonyl (C=O) groups is 1. The molecular formula is C18H22N4OS. The van der Waals surface area contributed by atoms with E-state index in [0.717, 1.165) is 21.6 Å². The van der Waals surface area contributed by atoms with Crippen LogP contribution in [0.15, 0.2) is 29.8 Å². The van der Waals surface area contributed by atoms with Crippen LogP contribution in [0.2, 0.25) is 0 Å².